The number of benzene rings is 1. The van der Waals surface area contributed by atoms with E-state index < -0.39 is 17.1 Å². The zero-order chi connectivity index (χ0) is 23.7. The molecule has 1 fully saturated rings. The van der Waals surface area contributed by atoms with Crippen LogP contribution in [0.1, 0.15) is 51.7 Å². The predicted molar refractivity (Wildman–Crippen MR) is 124 cm³/mol. The van der Waals surface area contributed by atoms with Gasteiger partial charge in [-0.05, 0) is 49.9 Å². The average Bonchev–Trinajstić information content (AvgIpc) is 2.67. The summed E-state index contributed by atoms with van der Waals surface area (Å²) in [6.07, 6.45) is -0.436. The lowest BCUT2D eigenvalue weighted by Crippen LogP contribution is -2.67. The predicted octanol–water partition coefficient (Wildman–Crippen LogP) is 4.99. The number of aromatic nitrogens is 1. The molecule has 32 heavy (non-hydrogen) atoms. The molecular weight excluding hydrogens is 430 g/mol. The lowest BCUT2D eigenvalue weighted by molar-refractivity contribution is -0.127. The summed E-state index contributed by atoms with van der Waals surface area (Å²) >= 11 is 5.96. The van der Waals surface area contributed by atoms with Crippen LogP contribution in [0.3, 0.4) is 0 Å². The highest BCUT2D eigenvalue weighted by atomic mass is 35.5. The Morgan fingerprint density at radius 3 is 2.41 bits per heavy atom. The van der Waals surface area contributed by atoms with Crippen molar-refractivity contribution in [3.63, 3.8) is 0 Å². The monoisotopic (exact) mass is 459 g/mol. The Morgan fingerprint density at radius 2 is 1.81 bits per heavy atom. The number of hydrogen-bond acceptors (Lipinski definition) is 5. The van der Waals surface area contributed by atoms with E-state index in [2.05, 4.69) is 24.1 Å². The number of nitrogens with zero attached hydrogens (tertiary/aromatic N) is 2. The summed E-state index contributed by atoms with van der Waals surface area (Å²) in [6, 6.07) is 11.1. The third-order valence-electron chi connectivity index (χ3n) is 5.37. The molecule has 2 amide bonds. The van der Waals surface area contributed by atoms with E-state index in [1.165, 1.54) is 7.11 Å². The minimum absolute atomic E-state index is 0.207. The van der Waals surface area contributed by atoms with Crippen molar-refractivity contribution in [3.8, 4) is 5.88 Å². The Kier molecular flexibility index (Phi) is 6.69. The number of nitrogens with one attached hydrogen (secondary N) is 1. The van der Waals surface area contributed by atoms with Crippen molar-refractivity contribution in [1.82, 2.24) is 9.88 Å². The summed E-state index contributed by atoms with van der Waals surface area (Å²) < 4.78 is 10.8. The smallest absolute Gasteiger partial charge is 0.410 e. The van der Waals surface area contributed by atoms with Crippen LogP contribution in [0.15, 0.2) is 36.4 Å². The molecule has 1 aromatic heterocycles. The fourth-order valence-electron chi connectivity index (χ4n) is 3.84. The summed E-state index contributed by atoms with van der Waals surface area (Å²) in [6.45, 7) is 10.0. The molecule has 0 spiro atoms. The van der Waals surface area contributed by atoms with E-state index in [1.54, 1.807) is 17.0 Å². The zero-order valence-corrected chi connectivity index (χ0v) is 20.1. The molecule has 7 nitrogen and oxygen atoms in total. The molecule has 172 valence electrons. The second kappa shape index (κ2) is 8.98. The third-order valence-corrected chi connectivity index (χ3v) is 5.58. The minimum atomic E-state index is -0.928. The van der Waals surface area contributed by atoms with E-state index in [0.717, 1.165) is 11.1 Å². The molecule has 0 aliphatic carbocycles. The summed E-state index contributed by atoms with van der Waals surface area (Å²) in [5, 5.41) is 3.20. The summed E-state index contributed by atoms with van der Waals surface area (Å²) in [7, 11) is 1.46. The molecule has 1 N–H and O–H groups in total. The summed E-state index contributed by atoms with van der Waals surface area (Å²) in [5.41, 5.74) is 0.831. The lowest BCUT2D eigenvalue weighted by atomic mass is 9.70. The van der Waals surface area contributed by atoms with E-state index in [0.29, 0.717) is 5.69 Å². The van der Waals surface area contributed by atoms with Crippen LogP contribution in [-0.4, -0.2) is 47.7 Å². The first-order valence-electron chi connectivity index (χ1n) is 10.6. The molecule has 1 aliphatic heterocycles. The molecule has 1 aliphatic rings. The van der Waals surface area contributed by atoms with Crippen LogP contribution in [0.4, 0.5) is 10.5 Å². The summed E-state index contributed by atoms with van der Waals surface area (Å²) in [4.78, 5) is 32.0. The maximum absolute atomic E-state index is 13.7. The quantitative estimate of drug-likeness (QED) is 0.637. The van der Waals surface area contributed by atoms with E-state index in [9.17, 15) is 9.59 Å². The van der Waals surface area contributed by atoms with Gasteiger partial charge in [-0.15, -0.1) is 0 Å². The standard InChI is InChI=1S/C24H30ClN3O4/c1-15(2)16-9-7-8-10-17(16)24(13-28(14-24)22(30)32-23(3,4)5)21(29)26-18-11-12-19(25)27-20(18)31-6/h7-12,15H,13-14H2,1-6H3,(H,26,29). The van der Waals surface area contributed by atoms with Gasteiger partial charge in [-0.1, -0.05) is 49.7 Å². The van der Waals surface area contributed by atoms with Crippen LogP contribution in [0, 0.1) is 0 Å². The van der Waals surface area contributed by atoms with Crippen molar-refractivity contribution in [2.45, 2.75) is 51.6 Å². The van der Waals surface area contributed by atoms with Crippen molar-refractivity contribution in [1.29, 1.82) is 0 Å². The highest BCUT2D eigenvalue weighted by Crippen LogP contribution is 2.41. The van der Waals surface area contributed by atoms with Gasteiger partial charge >= 0.3 is 6.09 Å². The van der Waals surface area contributed by atoms with E-state index >= 15 is 0 Å². The first-order chi connectivity index (χ1) is 15.0. The Balaban J connectivity index is 1.96. The molecule has 1 aromatic carbocycles. The molecular formula is C24H30ClN3O4. The van der Waals surface area contributed by atoms with Gasteiger partial charge < -0.3 is 19.7 Å². The Labute approximate surface area is 194 Å². The molecule has 0 radical (unpaired) electrons. The van der Waals surface area contributed by atoms with Crippen molar-refractivity contribution < 1.29 is 19.1 Å². The highest BCUT2D eigenvalue weighted by Gasteiger charge is 2.54. The van der Waals surface area contributed by atoms with Gasteiger partial charge in [0.15, 0.2) is 0 Å². The van der Waals surface area contributed by atoms with Crippen LogP contribution >= 0.6 is 11.6 Å². The summed E-state index contributed by atoms with van der Waals surface area (Å²) in [5.74, 6) is 0.187. The molecule has 8 heteroatoms. The number of likely N-dealkylation sites (tertiary alicyclic amines) is 1. The SMILES string of the molecule is COc1nc(Cl)ccc1NC(=O)C1(c2ccccc2C(C)C)CN(C(=O)OC(C)(C)C)C1. The van der Waals surface area contributed by atoms with E-state index in [-0.39, 0.29) is 35.9 Å². The minimum Gasteiger partial charge on any atom is -0.479 e. The van der Waals surface area contributed by atoms with E-state index in [4.69, 9.17) is 21.1 Å². The number of carbonyl (C=O) groups excluding carboxylic acids is 2. The number of rotatable bonds is 5. The van der Waals surface area contributed by atoms with Gasteiger partial charge in [-0.25, -0.2) is 4.79 Å². The number of methoxy groups -OCH3 is 1. The number of halogens is 1. The van der Waals surface area contributed by atoms with Crippen LogP contribution < -0.4 is 10.1 Å². The van der Waals surface area contributed by atoms with Crippen LogP contribution in [-0.2, 0) is 14.9 Å². The van der Waals surface area contributed by atoms with Gasteiger partial charge in [-0.2, -0.15) is 4.98 Å². The van der Waals surface area contributed by atoms with Gasteiger partial charge in [-0.3, -0.25) is 4.79 Å². The lowest BCUT2D eigenvalue weighted by Gasteiger charge is -2.49. The molecule has 2 aromatic rings. The van der Waals surface area contributed by atoms with Crippen molar-refractivity contribution in [2.75, 3.05) is 25.5 Å². The maximum atomic E-state index is 13.7. The molecule has 0 unspecified atom stereocenters. The Hall–Kier alpha value is -2.80. The van der Waals surface area contributed by atoms with Gasteiger partial charge in [0.1, 0.15) is 21.9 Å². The number of pyridine rings is 1. The number of ether oxygens (including phenoxy) is 2. The topological polar surface area (TPSA) is 80.8 Å². The average molecular weight is 460 g/mol. The zero-order valence-electron chi connectivity index (χ0n) is 19.4. The second-order valence-corrected chi connectivity index (χ2v) is 9.69. The third kappa shape index (κ3) is 4.83. The highest BCUT2D eigenvalue weighted by molar-refractivity contribution is 6.29. The van der Waals surface area contributed by atoms with E-state index in [1.807, 2.05) is 45.0 Å². The van der Waals surface area contributed by atoms with Crippen LogP contribution in [0.5, 0.6) is 5.88 Å². The molecule has 1 saturated heterocycles. The number of hydrogen-bond donors (Lipinski definition) is 1. The molecule has 0 bridgehead atoms. The maximum Gasteiger partial charge on any atom is 0.410 e. The normalized spacial score (nSPS) is 15.2. The van der Waals surface area contributed by atoms with Crippen molar-refractivity contribution >= 4 is 29.3 Å². The van der Waals surface area contributed by atoms with Gasteiger partial charge in [0.2, 0.25) is 11.8 Å². The molecule has 3 rings (SSSR count). The number of carbonyl (C=O) groups is 2. The van der Waals surface area contributed by atoms with Gasteiger partial charge in [0.25, 0.3) is 0 Å². The molecule has 0 atom stereocenters. The molecule has 2 heterocycles. The Bertz CT molecular complexity index is 1010. The Morgan fingerprint density at radius 1 is 1.16 bits per heavy atom. The van der Waals surface area contributed by atoms with Crippen LogP contribution in [0.2, 0.25) is 5.15 Å². The first-order valence-corrected chi connectivity index (χ1v) is 10.9. The largest absolute Gasteiger partial charge is 0.479 e. The molecule has 0 saturated carbocycles. The number of anilines is 1. The second-order valence-electron chi connectivity index (χ2n) is 9.31. The van der Waals surface area contributed by atoms with Gasteiger partial charge in [0, 0.05) is 13.1 Å². The fourth-order valence-corrected chi connectivity index (χ4v) is 3.98. The van der Waals surface area contributed by atoms with Crippen LogP contribution in [0.25, 0.3) is 0 Å². The van der Waals surface area contributed by atoms with Crippen molar-refractivity contribution in [2.24, 2.45) is 0 Å². The number of amides is 2. The van der Waals surface area contributed by atoms with Gasteiger partial charge in [0.05, 0.1) is 7.11 Å². The fraction of sp³-hybridized carbons (Fsp3) is 0.458. The van der Waals surface area contributed by atoms with Crippen molar-refractivity contribution in [3.05, 3.63) is 52.7 Å². The first kappa shape index (κ1) is 23.9.